The van der Waals surface area contributed by atoms with Gasteiger partial charge in [-0.1, -0.05) is 150 Å². The second-order valence-corrected chi connectivity index (χ2v) is 20.6. The van der Waals surface area contributed by atoms with Gasteiger partial charge in [-0.05, 0) is 30.7 Å². The van der Waals surface area contributed by atoms with Gasteiger partial charge in [-0.3, -0.25) is 23.2 Å². The first-order chi connectivity index (χ1) is 29.9. The minimum atomic E-state index is -5.41. The van der Waals surface area contributed by atoms with Crippen LogP contribution in [0.15, 0.2) is 17.1 Å². The molecule has 0 aliphatic carbocycles. The van der Waals surface area contributed by atoms with Crippen molar-refractivity contribution in [1.82, 2.24) is 9.55 Å². The molecule has 366 valence electrons. The van der Waals surface area contributed by atoms with Crippen LogP contribution in [0.5, 0.6) is 0 Å². The molecule has 7 atom stereocenters. The largest absolute Gasteiger partial charge is 0.481 e. The molecule has 20 heteroatoms. The van der Waals surface area contributed by atoms with Gasteiger partial charge in [0.25, 0.3) is 0 Å². The van der Waals surface area contributed by atoms with Crippen molar-refractivity contribution in [1.29, 1.82) is 0 Å². The molecule has 0 saturated carbocycles. The van der Waals surface area contributed by atoms with Gasteiger partial charge in [-0.15, -0.1) is 0 Å². The number of anilines is 1. The van der Waals surface area contributed by atoms with Crippen molar-refractivity contribution >= 4 is 33.4 Å². The van der Waals surface area contributed by atoms with Crippen molar-refractivity contribution in [2.24, 2.45) is 11.8 Å². The molecule has 0 aromatic carbocycles. The van der Waals surface area contributed by atoms with E-state index in [0.29, 0.717) is 18.8 Å². The highest BCUT2D eigenvalue weighted by atomic mass is 31.3. The Hall–Kier alpha value is -2.24. The van der Waals surface area contributed by atoms with Crippen LogP contribution >= 0.6 is 15.6 Å². The second kappa shape index (κ2) is 31.6. The monoisotopic (exact) mass is 939 g/mol. The molecular formula is C43H79N3O15P2. The first-order valence-corrected chi connectivity index (χ1v) is 26.3. The normalized spacial score (nSPS) is 20.2. The number of nitrogen functional groups attached to an aromatic ring is 1. The maximum atomic E-state index is 12.8. The Bertz CT molecular complexity index is 1580. The number of carbonyl (C=O) groups is 2. The number of nitrogens with zero attached hydrogens (tertiary/aromatic N) is 2. The molecule has 6 N–H and O–H groups in total. The van der Waals surface area contributed by atoms with Gasteiger partial charge in [-0.25, -0.2) is 13.9 Å². The summed E-state index contributed by atoms with van der Waals surface area (Å²) >= 11 is 0. The highest BCUT2D eigenvalue weighted by Gasteiger charge is 2.46. The molecule has 3 unspecified atom stereocenters. The van der Waals surface area contributed by atoms with E-state index in [9.17, 15) is 43.5 Å². The number of aromatic nitrogens is 2. The molecule has 1 aliphatic rings. The zero-order chi connectivity index (χ0) is 46.7. The van der Waals surface area contributed by atoms with Crippen molar-refractivity contribution in [3.63, 3.8) is 0 Å². The Morgan fingerprint density at radius 2 is 1.17 bits per heavy atom. The number of phosphoric ester groups is 2. The van der Waals surface area contributed by atoms with Crippen LogP contribution in [-0.2, 0) is 46.3 Å². The standard InChI is InChI=1S/C43H79N3O15P2/c1-33(2)24-20-16-12-10-8-6-5-7-9-11-13-19-23-27-39(48)59-35(30-56-38(47)26-22-18-15-14-17-21-25-34(3)4)31-57-62(52,53)61-63(54,55)58-32-36-40(49)41(50)42(60-36)46-29-28-37(44)45-43(46)51/h28-29,33-36,40-42,49-50H,5-27,30-32H2,1-4H3,(H,52,53)(H,54,55)(H2,44,45,51)/t35-,36-,40+,41?,42-/m1/s1. The number of rotatable bonds is 37. The molecular weight excluding hydrogens is 860 g/mol. The van der Waals surface area contributed by atoms with Crippen LogP contribution < -0.4 is 11.4 Å². The first kappa shape index (κ1) is 56.9. The fourth-order valence-corrected chi connectivity index (χ4v) is 9.26. The van der Waals surface area contributed by atoms with Crippen LogP contribution in [0.2, 0.25) is 0 Å². The summed E-state index contributed by atoms with van der Waals surface area (Å²) in [5.41, 5.74) is 4.58. The van der Waals surface area contributed by atoms with Crippen LogP contribution in [0.25, 0.3) is 0 Å². The third-order valence-electron chi connectivity index (χ3n) is 10.8. The van der Waals surface area contributed by atoms with E-state index < -0.39 is 83.7 Å². The summed E-state index contributed by atoms with van der Waals surface area (Å²) in [7, 11) is -10.8. The molecule has 18 nitrogen and oxygen atoms in total. The number of aliphatic hydroxyl groups is 2. The molecule has 0 spiro atoms. The number of hydrogen-bond donors (Lipinski definition) is 5. The fourth-order valence-electron chi connectivity index (χ4n) is 7.15. The maximum absolute atomic E-state index is 12.8. The molecule has 63 heavy (non-hydrogen) atoms. The van der Waals surface area contributed by atoms with E-state index in [1.807, 2.05) is 0 Å². The summed E-state index contributed by atoms with van der Waals surface area (Å²) in [5.74, 6) is 0.170. The van der Waals surface area contributed by atoms with Crippen molar-refractivity contribution < 1.29 is 66.3 Å². The number of aliphatic hydroxyl groups excluding tert-OH is 2. The number of hydrogen-bond acceptors (Lipinski definition) is 15. The molecule has 2 rings (SSSR count). The summed E-state index contributed by atoms with van der Waals surface area (Å²) in [6, 6.07) is 1.25. The molecule has 0 bridgehead atoms. The Morgan fingerprint density at radius 1 is 0.714 bits per heavy atom. The zero-order valence-corrected chi connectivity index (χ0v) is 40.0. The third kappa shape index (κ3) is 26.5. The van der Waals surface area contributed by atoms with Gasteiger partial charge in [0.1, 0.15) is 30.7 Å². The topological polar surface area (TPSA) is 265 Å². The Kier molecular flexibility index (Phi) is 28.6. The number of carbonyl (C=O) groups excluding carboxylic acids is 2. The molecule has 1 fully saturated rings. The Labute approximate surface area is 374 Å². The predicted octanol–water partition coefficient (Wildman–Crippen LogP) is 8.43. The number of esters is 2. The predicted molar refractivity (Wildman–Crippen MR) is 238 cm³/mol. The van der Waals surface area contributed by atoms with Crippen LogP contribution in [-0.4, -0.2) is 85.7 Å². The minimum Gasteiger partial charge on any atom is -0.462 e. The highest BCUT2D eigenvalue weighted by Crippen LogP contribution is 2.60. The van der Waals surface area contributed by atoms with Gasteiger partial charge >= 0.3 is 33.3 Å². The van der Waals surface area contributed by atoms with E-state index >= 15 is 0 Å². The van der Waals surface area contributed by atoms with Crippen LogP contribution in [0.1, 0.15) is 182 Å². The summed E-state index contributed by atoms with van der Waals surface area (Å²) in [6.45, 7) is 6.66. The van der Waals surface area contributed by atoms with E-state index in [2.05, 4.69) is 37.0 Å². The molecule has 1 aromatic heterocycles. The average molecular weight is 940 g/mol. The lowest BCUT2D eigenvalue weighted by Gasteiger charge is -2.21. The lowest BCUT2D eigenvalue weighted by atomic mass is 10.0. The van der Waals surface area contributed by atoms with Gasteiger partial charge in [0.2, 0.25) is 0 Å². The molecule has 1 aromatic rings. The lowest BCUT2D eigenvalue weighted by Crippen LogP contribution is -2.36. The smallest absolute Gasteiger partial charge is 0.462 e. The number of nitrogens with two attached hydrogens (primary N) is 1. The van der Waals surface area contributed by atoms with Gasteiger partial charge in [-0.2, -0.15) is 9.29 Å². The third-order valence-corrected chi connectivity index (χ3v) is 13.4. The van der Waals surface area contributed by atoms with E-state index in [4.69, 9.17) is 29.0 Å². The van der Waals surface area contributed by atoms with Crippen molar-refractivity contribution in [3.8, 4) is 0 Å². The van der Waals surface area contributed by atoms with Gasteiger partial charge in [0.15, 0.2) is 12.3 Å². The molecule has 1 saturated heterocycles. The zero-order valence-electron chi connectivity index (χ0n) is 38.2. The van der Waals surface area contributed by atoms with Crippen LogP contribution in [0, 0.1) is 11.8 Å². The molecule has 0 amide bonds. The second-order valence-electron chi connectivity index (χ2n) is 17.6. The molecule has 0 radical (unpaired) electrons. The van der Waals surface area contributed by atoms with E-state index in [1.54, 1.807) is 0 Å². The van der Waals surface area contributed by atoms with Crippen molar-refractivity contribution in [2.75, 3.05) is 25.6 Å². The maximum Gasteiger partial charge on any atom is 0.481 e. The van der Waals surface area contributed by atoms with E-state index in [0.717, 1.165) is 68.0 Å². The van der Waals surface area contributed by atoms with Gasteiger partial charge in [0, 0.05) is 19.0 Å². The summed E-state index contributed by atoms with van der Waals surface area (Å²) < 4.78 is 56.6. The number of phosphoric acid groups is 2. The first-order valence-electron chi connectivity index (χ1n) is 23.3. The molecule has 2 heterocycles. The van der Waals surface area contributed by atoms with E-state index in [-0.39, 0.29) is 18.7 Å². The van der Waals surface area contributed by atoms with E-state index in [1.165, 1.54) is 76.7 Å². The average Bonchev–Trinajstić information content (AvgIpc) is 3.48. The quantitative estimate of drug-likeness (QED) is 0.0238. The van der Waals surface area contributed by atoms with Crippen molar-refractivity contribution in [3.05, 3.63) is 22.7 Å². The Balaban J connectivity index is 1.81. The fraction of sp³-hybridized carbons (Fsp3) is 0.860. The number of unbranched alkanes of at least 4 members (excludes halogenated alkanes) is 17. The highest BCUT2D eigenvalue weighted by molar-refractivity contribution is 7.61. The van der Waals surface area contributed by atoms with Crippen molar-refractivity contribution in [2.45, 2.75) is 206 Å². The summed E-state index contributed by atoms with van der Waals surface area (Å²) in [6.07, 6.45) is 16.8. The Morgan fingerprint density at radius 3 is 1.67 bits per heavy atom. The van der Waals surface area contributed by atoms with Crippen LogP contribution in [0.4, 0.5) is 5.82 Å². The van der Waals surface area contributed by atoms with Crippen LogP contribution in [0.3, 0.4) is 0 Å². The lowest BCUT2D eigenvalue weighted by molar-refractivity contribution is -0.161. The SMILES string of the molecule is CC(C)CCCCCCCCCCCCCCCC(=O)O[C@H](COC(=O)CCCCCCCCC(C)C)COP(=O)(O)OP(=O)(O)OC[C@H]1O[C@@H](n2ccc(N)nc2=O)C(O)[C@H]1O. The van der Waals surface area contributed by atoms with Gasteiger partial charge in [0.05, 0.1) is 13.2 Å². The number of ether oxygens (including phenoxy) is 3. The minimum absolute atomic E-state index is 0.0554. The summed E-state index contributed by atoms with van der Waals surface area (Å²) in [5, 5.41) is 20.8. The molecule has 1 aliphatic heterocycles. The summed E-state index contributed by atoms with van der Waals surface area (Å²) in [4.78, 5) is 61.6. The van der Waals surface area contributed by atoms with Gasteiger partial charge < -0.3 is 39.9 Å².